The van der Waals surface area contributed by atoms with Crippen molar-refractivity contribution in [3.63, 3.8) is 0 Å². The van der Waals surface area contributed by atoms with Crippen molar-refractivity contribution in [1.82, 2.24) is 14.8 Å². The highest BCUT2D eigenvalue weighted by molar-refractivity contribution is 7.14. The molecule has 2 aromatic heterocycles. The highest BCUT2D eigenvalue weighted by atomic mass is 32.1. The van der Waals surface area contributed by atoms with Crippen LogP contribution in [0, 0.1) is 24.7 Å². The number of aryl methyl sites for hydroxylation is 2. The Morgan fingerprint density at radius 3 is 2.36 bits per heavy atom. The van der Waals surface area contributed by atoms with Gasteiger partial charge in [0.25, 0.3) is 0 Å². The Bertz CT molecular complexity index is 1330. The van der Waals surface area contributed by atoms with Crippen LogP contribution in [0.4, 0.5) is 0 Å². The van der Waals surface area contributed by atoms with Gasteiger partial charge in [-0.05, 0) is 105 Å². The number of aromatic nitrogens is 3. The van der Waals surface area contributed by atoms with Gasteiger partial charge in [-0.25, -0.2) is 0 Å². The predicted octanol–water partition coefficient (Wildman–Crippen LogP) is 7.27. The number of hydrogen-bond acceptors (Lipinski definition) is 4. The fraction of sp³-hybridized carbons (Fsp3) is 0.429. The molecule has 2 aromatic carbocycles. The van der Waals surface area contributed by atoms with Crippen LogP contribution in [0.25, 0.3) is 21.6 Å². The van der Waals surface area contributed by atoms with E-state index in [-0.39, 0.29) is 0 Å². The summed E-state index contributed by atoms with van der Waals surface area (Å²) < 4.78 is 8.38. The molecule has 0 saturated heterocycles. The third-order valence-corrected chi connectivity index (χ3v) is 9.57. The minimum Gasteiger partial charge on any atom is -0.457 e. The summed E-state index contributed by atoms with van der Waals surface area (Å²) in [5.74, 6) is 4.50. The van der Waals surface area contributed by atoms with Crippen LogP contribution in [0.1, 0.15) is 49.1 Å². The van der Waals surface area contributed by atoms with Crippen LogP contribution in [-0.2, 0) is 12.5 Å². The number of ether oxygens (including phenoxy) is 1. The Balaban J connectivity index is 1.21. The molecule has 168 valence electrons. The molecule has 4 fully saturated rings. The molecule has 0 N–H and O–H groups in total. The summed E-state index contributed by atoms with van der Waals surface area (Å²) >= 11 is 1.84. The van der Waals surface area contributed by atoms with Crippen LogP contribution >= 0.6 is 11.3 Å². The molecule has 4 aromatic rings. The quantitative estimate of drug-likeness (QED) is 0.325. The monoisotopic (exact) mass is 455 g/mol. The van der Waals surface area contributed by atoms with E-state index in [4.69, 9.17) is 14.9 Å². The second kappa shape index (κ2) is 7.17. The summed E-state index contributed by atoms with van der Waals surface area (Å²) in [6.45, 7) is 2.08. The molecule has 0 unspecified atom stereocenters. The van der Waals surface area contributed by atoms with Gasteiger partial charge in [-0.1, -0.05) is 23.5 Å². The normalized spacial score (nSPS) is 28.0. The van der Waals surface area contributed by atoms with Crippen molar-refractivity contribution in [2.45, 2.75) is 50.9 Å². The summed E-state index contributed by atoms with van der Waals surface area (Å²) in [7, 11) is 2.13. The van der Waals surface area contributed by atoms with Crippen LogP contribution < -0.4 is 4.74 Å². The molecule has 0 amide bonds. The first-order chi connectivity index (χ1) is 16.0. The third-order valence-electron chi connectivity index (χ3n) is 8.38. The number of rotatable bonds is 4. The second-order valence-corrected chi connectivity index (χ2v) is 11.8. The number of hydrogen-bond donors (Lipinski definition) is 0. The maximum atomic E-state index is 6.13. The summed E-state index contributed by atoms with van der Waals surface area (Å²) in [5.41, 5.74) is 3.84. The van der Waals surface area contributed by atoms with Gasteiger partial charge in [-0.15, -0.1) is 10.2 Å². The first kappa shape index (κ1) is 19.8. The Morgan fingerprint density at radius 1 is 0.909 bits per heavy atom. The van der Waals surface area contributed by atoms with Gasteiger partial charge in [-0.2, -0.15) is 0 Å². The fourth-order valence-corrected chi connectivity index (χ4v) is 8.44. The predicted molar refractivity (Wildman–Crippen MR) is 133 cm³/mol. The van der Waals surface area contributed by atoms with Crippen molar-refractivity contribution in [2.24, 2.45) is 24.8 Å². The summed E-state index contributed by atoms with van der Waals surface area (Å²) in [6, 6.07) is 16.7. The molecule has 0 radical (unpaired) electrons. The van der Waals surface area contributed by atoms with Gasteiger partial charge in [0.2, 0.25) is 0 Å². The van der Waals surface area contributed by atoms with E-state index in [1.807, 2.05) is 23.5 Å². The van der Waals surface area contributed by atoms with Gasteiger partial charge >= 0.3 is 0 Å². The lowest BCUT2D eigenvalue weighted by Crippen LogP contribution is -2.48. The lowest BCUT2D eigenvalue weighted by atomic mass is 9.50. The number of fused-ring (bicyclic) bond motifs is 1. The molecule has 0 aliphatic heterocycles. The summed E-state index contributed by atoms with van der Waals surface area (Å²) in [4.78, 5) is 0. The van der Waals surface area contributed by atoms with E-state index < -0.39 is 0 Å². The summed E-state index contributed by atoms with van der Waals surface area (Å²) in [6.07, 6.45) is 8.39. The highest BCUT2D eigenvalue weighted by Gasteiger charge is 2.53. The molecular weight excluding hydrogens is 426 g/mol. The minimum atomic E-state index is 0.310. The number of nitrogens with zero attached hydrogens (tertiary/aromatic N) is 3. The van der Waals surface area contributed by atoms with E-state index in [1.54, 1.807) is 0 Å². The average molecular weight is 456 g/mol. The highest BCUT2D eigenvalue weighted by Crippen LogP contribution is 2.61. The van der Waals surface area contributed by atoms with Crippen molar-refractivity contribution < 1.29 is 4.74 Å². The van der Waals surface area contributed by atoms with Crippen molar-refractivity contribution in [3.05, 3.63) is 59.1 Å². The van der Waals surface area contributed by atoms with Crippen LogP contribution in [0.3, 0.4) is 0 Å². The Labute approximate surface area is 198 Å². The molecule has 0 atom stereocenters. The smallest absolute Gasteiger partial charge is 0.164 e. The number of benzene rings is 2. The zero-order valence-corrected chi connectivity index (χ0v) is 20.1. The first-order valence-electron chi connectivity index (χ1n) is 12.2. The standard InChI is InChI=1S/C28H29N3OS/c1-17-4-3-5-22(8-17)32-23-6-7-24-21(12-23)13-25(31(24)2)26-29-30-27(33-26)28-14-18-9-19(15-28)11-20(10-18)16-28/h3-8,12-13,18-20H,9-11,14-16H2,1-2H3. The van der Waals surface area contributed by atoms with Gasteiger partial charge in [0, 0.05) is 23.4 Å². The Hall–Kier alpha value is -2.66. The Kier molecular flexibility index (Phi) is 4.30. The van der Waals surface area contributed by atoms with E-state index in [1.165, 1.54) is 60.0 Å². The van der Waals surface area contributed by atoms with Gasteiger partial charge in [0.15, 0.2) is 5.01 Å². The molecule has 0 spiro atoms. The molecule has 5 heteroatoms. The maximum absolute atomic E-state index is 6.13. The lowest BCUT2D eigenvalue weighted by molar-refractivity contribution is -0.00555. The van der Waals surface area contributed by atoms with Crippen molar-refractivity contribution in [1.29, 1.82) is 0 Å². The molecule has 33 heavy (non-hydrogen) atoms. The van der Waals surface area contributed by atoms with Crippen LogP contribution in [0.2, 0.25) is 0 Å². The minimum absolute atomic E-state index is 0.310. The van der Waals surface area contributed by atoms with E-state index in [2.05, 4.69) is 54.9 Å². The summed E-state index contributed by atoms with van der Waals surface area (Å²) in [5, 5.41) is 13.0. The molecule has 8 rings (SSSR count). The molecule has 2 heterocycles. The zero-order chi connectivity index (χ0) is 22.2. The van der Waals surface area contributed by atoms with Crippen LogP contribution in [0.5, 0.6) is 11.5 Å². The molecule has 4 bridgehead atoms. The van der Waals surface area contributed by atoms with E-state index >= 15 is 0 Å². The van der Waals surface area contributed by atoms with Crippen LogP contribution in [0.15, 0.2) is 48.5 Å². The first-order valence-corrected chi connectivity index (χ1v) is 13.0. The van der Waals surface area contributed by atoms with Gasteiger partial charge in [0.05, 0.1) is 5.69 Å². The van der Waals surface area contributed by atoms with E-state index in [0.717, 1.165) is 40.0 Å². The van der Waals surface area contributed by atoms with Crippen molar-refractivity contribution in [2.75, 3.05) is 0 Å². The largest absolute Gasteiger partial charge is 0.457 e. The van der Waals surface area contributed by atoms with Gasteiger partial charge in [-0.3, -0.25) is 0 Å². The van der Waals surface area contributed by atoms with Crippen molar-refractivity contribution in [3.8, 4) is 22.2 Å². The lowest BCUT2D eigenvalue weighted by Gasteiger charge is -2.55. The fourth-order valence-electron chi connectivity index (χ4n) is 7.32. The zero-order valence-electron chi connectivity index (χ0n) is 19.3. The second-order valence-electron chi connectivity index (χ2n) is 10.8. The topological polar surface area (TPSA) is 39.9 Å². The van der Waals surface area contributed by atoms with Gasteiger partial charge in [0.1, 0.15) is 16.5 Å². The molecule has 4 saturated carbocycles. The maximum Gasteiger partial charge on any atom is 0.164 e. The van der Waals surface area contributed by atoms with E-state index in [9.17, 15) is 0 Å². The third kappa shape index (κ3) is 3.23. The molecule has 4 aliphatic carbocycles. The average Bonchev–Trinajstić information content (AvgIpc) is 3.38. The van der Waals surface area contributed by atoms with Crippen molar-refractivity contribution >= 4 is 22.2 Å². The van der Waals surface area contributed by atoms with Gasteiger partial charge < -0.3 is 9.30 Å². The SMILES string of the molecule is Cc1cccc(Oc2ccc3c(c2)cc(-c2nnc(C45CC6CC(CC(C6)C4)C5)s2)n3C)c1. The Morgan fingerprint density at radius 2 is 1.64 bits per heavy atom. The van der Waals surface area contributed by atoms with Crippen LogP contribution in [-0.4, -0.2) is 14.8 Å². The molecule has 4 aliphatic rings. The molecule has 4 nitrogen and oxygen atoms in total. The molecular formula is C28H29N3OS. The van der Waals surface area contributed by atoms with E-state index in [0.29, 0.717) is 5.41 Å².